The lowest BCUT2D eigenvalue weighted by Crippen LogP contribution is -2.50. The summed E-state index contributed by atoms with van der Waals surface area (Å²) in [4.78, 5) is 53.8. The standard InChI is InChI=1S/C34H32ClF3N8O4/c1-18-20-15-44(16-21(18)20)31-41-32-45(17-26(48)40-23-7-6-19(14-22(23)35)34(36,37)38)24-4-2-8-33(27(24)29(49)46(32)42-31)9-12-43(13-10-33)30(50)28-25(47)5-3-11-39-28/h3,5-7,11,14,20,47H,2,4,8-10,12-13,15-17H2,1H3,(H,40,48)/t20-/m1/s1. The first kappa shape index (κ1) is 32.3. The number of amides is 2. The number of piperidine rings is 1. The summed E-state index contributed by atoms with van der Waals surface area (Å²) in [6, 6.07) is 5.67. The minimum absolute atomic E-state index is 0.0187. The van der Waals surface area contributed by atoms with E-state index in [0.29, 0.717) is 81.4 Å². The molecule has 2 fully saturated rings. The van der Waals surface area contributed by atoms with Crippen LogP contribution in [0.25, 0.3) is 5.78 Å². The van der Waals surface area contributed by atoms with E-state index in [1.165, 1.54) is 27.9 Å². The number of anilines is 2. The van der Waals surface area contributed by atoms with Gasteiger partial charge in [0.15, 0.2) is 5.69 Å². The minimum Gasteiger partial charge on any atom is -0.505 e. The van der Waals surface area contributed by atoms with Gasteiger partial charge in [-0.25, -0.2) is 4.98 Å². The van der Waals surface area contributed by atoms with Gasteiger partial charge in [-0.15, -0.1) is 5.10 Å². The zero-order valence-corrected chi connectivity index (χ0v) is 27.7. The number of rotatable bonds is 5. The summed E-state index contributed by atoms with van der Waals surface area (Å²) in [6.45, 7) is 3.82. The highest BCUT2D eigenvalue weighted by Gasteiger charge is 2.46. The smallest absolute Gasteiger partial charge is 0.416 e. The Balaban J connectivity index is 1.15. The van der Waals surface area contributed by atoms with Crippen molar-refractivity contribution in [2.45, 2.75) is 57.2 Å². The molecule has 2 amide bonds. The van der Waals surface area contributed by atoms with Gasteiger partial charge < -0.3 is 24.8 Å². The van der Waals surface area contributed by atoms with E-state index in [2.05, 4.69) is 22.3 Å². The Labute approximate surface area is 288 Å². The van der Waals surface area contributed by atoms with Crippen LogP contribution >= 0.6 is 11.6 Å². The second-order valence-electron chi connectivity index (χ2n) is 13.5. The number of nitrogens with one attached hydrogen (secondary N) is 1. The van der Waals surface area contributed by atoms with Gasteiger partial charge in [0.05, 0.1) is 16.3 Å². The molecule has 2 N–H and O–H groups in total. The Kier molecular flexibility index (Phi) is 7.47. The highest BCUT2D eigenvalue weighted by atomic mass is 35.5. The molecule has 12 nitrogen and oxygen atoms in total. The van der Waals surface area contributed by atoms with E-state index < -0.39 is 29.0 Å². The van der Waals surface area contributed by atoms with Crippen LogP contribution in [-0.2, 0) is 29.4 Å². The summed E-state index contributed by atoms with van der Waals surface area (Å²) in [6.07, 6.45) is -0.322. The van der Waals surface area contributed by atoms with Crippen LogP contribution in [0.1, 0.15) is 59.9 Å². The lowest BCUT2D eigenvalue weighted by Gasteiger charge is -2.45. The van der Waals surface area contributed by atoms with Crippen LogP contribution in [0, 0.1) is 5.92 Å². The average Bonchev–Trinajstić information content (AvgIpc) is 3.43. The molecule has 4 aromatic rings. The molecular weight excluding hydrogens is 677 g/mol. The molecule has 0 bridgehead atoms. The van der Waals surface area contributed by atoms with E-state index in [0.717, 1.165) is 18.2 Å². The molecule has 260 valence electrons. The largest absolute Gasteiger partial charge is 0.505 e. The molecule has 50 heavy (non-hydrogen) atoms. The van der Waals surface area contributed by atoms with Gasteiger partial charge in [-0.05, 0) is 74.9 Å². The third-order valence-electron chi connectivity index (χ3n) is 10.7. The van der Waals surface area contributed by atoms with E-state index in [4.69, 9.17) is 16.6 Å². The van der Waals surface area contributed by atoms with E-state index in [1.54, 1.807) is 15.5 Å². The fraction of sp³-hybridized carbons (Fsp3) is 0.412. The molecule has 16 heteroatoms. The maximum Gasteiger partial charge on any atom is 0.416 e. The van der Waals surface area contributed by atoms with Gasteiger partial charge >= 0.3 is 6.18 Å². The first-order chi connectivity index (χ1) is 23.8. The Morgan fingerprint density at radius 1 is 1.16 bits per heavy atom. The summed E-state index contributed by atoms with van der Waals surface area (Å²) in [5.41, 5.74) is 2.00. The maximum absolute atomic E-state index is 14.5. The van der Waals surface area contributed by atoms with E-state index in [1.807, 2.05) is 4.90 Å². The summed E-state index contributed by atoms with van der Waals surface area (Å²) >= 11 is 6.15. The van der Waals surface area contributed by atoms with Gasteiger partial charge in [0.25, 0.3) is 11.5 Å². The summed E-state index contributed by atoms with van der Waals surface area (Å²) in [7, 11) is 0. The number of fused-ring (bicyclic) bond motifs is 4. The number of nitrogens with zero attached hydrogens (tertiary/aromatic N) is 7. The van der Waals surface area contributed by atoms with Crippen molar-refractivity contribution in [1.82, 2.24) is 29.0 Å². The average molecular weight is 709 g/mol. The van der Waals surface area contributed by atoms with E-state index in [9.17, 15) is 32.7 Å². The lowest BCUT2D eigenvalue weighted by atomic mass is 9.66. The zero-order valence-electron chi connectivity index (χ0n) is 26.9. The molecule has 1 atom stereocenters. The Bertz CT molecular complexity index is 2190. The molecule has 4 aliphatic rings. The van der Waals surface area contributed by atoms with Gasteiger partial charge in [-0.2, -0.15) is 22.7 Å². The molecule has 0 unspecified atom stereocenters. The Morgan fingerprint density at radius 3 is 2.62 bits per heavy atom. The van der Waals surface area contributed by atoms with Gasteiger partial charge in [0.2, 0.25) is 17.6 Å². The number of hydrogen-bond acceptors (Lipinski definition) is 8. The number of pyridine rings is 1. The number of halogens is 4. The highest BCUT2D eigenvalue weighted by molar-refractivity contribution is 6.33. The molecule has 2 saturated heterocycles. The van der Waals surface area contributed by atoms with Gasteiger partial charge in [0.1, 0.15) is 12.3 Å². The van der Waals surface area contributed by atoms with Crippen molar-refractivity contribution < 1.29 is 27.9 Å². The minimum atomic E-state index is -4.59. The lowest BCUT2D eigenvalue weighted by molar-refractivity contribution is -0.137. The van der Waals surface area contributed by atoms with Crippen LogP contribution in [0.4, 0.5) is 24.8 Å². The van der Waals surface area contributed by atoms with Crippen LogP contribution in [0.15, 0.2) is 52.5 Å². The number of carbonyl (C=O) groups is 2. The number of alkyl halides is 3. The molecule has 1 spiro atoms. The summed E-state index contributed by atoms with van der Waals surface area (Å²) in [5, 5.41) is 17.3. The summed E-state index contributed by atoms with van der Waals surface area (Å²) < 4.78 is 42.6. The van der Waals surface area contributed by atoms with E-state index >= 15 is 0 Å². The van der Waals surface area contributed by atoms with Crippen molar-refractivity contribution in [3.8, 4) is 5.75 Å². The SMILES string of the molecule is CC1=C2CN(c3nc4n(CC(=O)Nc5ccc(C(F)(F)F)cc5Cl)c5c(c(=O)n4n3)C3(CCC5)CCN(C(=O)c4ncccc4O)CC3)C[C@H]12. The van der Waals surface area contributed by atoms with Crippen molar-refractivity contribution >= 4 is 40.8 Å². The topological polar surface area (TPSA) is 138 Å². The van der Waals surface area contributed by atoms with Crippen molar-refractivity contribution in [3.05, 3.63) is 85.6 Å². The van der Waals surface area contributed by atoms with Gasteiger partial charge in [-0.3, -0.25) is 14.4 Å². The van der Waals surface area contributed by atoms with Crippen LogP contribution in [0.2, 0.25) is 5.02 Å². The molecule has 5 heterocycles. The number of benzene rings is 1. The second kappa shape index (κ2) is 11.6. The first-order valence-electron chi connectivity index (χ1n) is 16.4. The molecule has 2 aliphatic heterocycles. The van der Waals surface area contributed by atoms with E-state index in [-0.39, 0.29) is 40.0 Å². The Hall–Kier alpha value is -4.92. The van der Waals surface area contributed by atoms with Crippen molar-refractivity contribution in [2.24, 2.45) is 5.92 Å². The van der Waals surface area contributed by atoms with Crippen LogP contribution in [0.5, 0.6) is 5.75 Å². The van der Waals surface area contributed by atoms with Crippen LogP contribution in [-0.4, -0.2) is 72.1 Å². The van der Waals surface area contributed by atoms with Gasteiger partial charge in [-0.1, -0.05) is 17.2 Å². The zero-order chi connectivity index (χ0) is 35.1. The second-order valence-corrected chi connectivity index (χ2v) is 13.9. The van der Waals surface area contributed by atoms with Crippen molar-refractivity contribution in [3.63, 3.8) is 0 Å². The molecular formula is C34H32ClF3N8O4. The fourth-order valence-corrected chi connectivity index (χ4v) is 8.19. The molecule has 0 radical (unpaired) electrons. The predicted molar refractivity (Wildman–Crippen MR) is 176 cm³/mol. The van der Waals surface area contributed by atoms with Crippen LogP contribution in [0.3, 0.4) is 0 Å². The Morgan fingerprint density at radius 2 is 1.94 bits per heavy atom. The molecule has 1 aromatic carbocycles. The molecule has 0 saturated carbocycles. The first-order valence-corrected chi connectivity index (χ1v) is 16.8. The molecule has 3 aromatic heterocycles. The third-order valence-corrected chi connectivity index (χ3v) is 11.0. The normalized spacial score (nSPS) is 19.6. The summed E-state index contributed by atoms with van der Waals surface area (Å²) in [5.74, 6) is -0.207. The number of aromatic nitrogens is 5. The monoisotopic (exact) mass is 708 g/mol. The predicted octanol–water partition coefficient (Wildman–Crippen LogP) is 4.58. The quantitative estimate of drug-likeness (QED) is 0.288. The number of likely N-dealkylation sites (tertiary alicyclic amines) is 1. The van der Waals surface area contributed by atoms with Gasteiger partial charge in [0, 0.05) is 55.0 Å². The number of hydrogen-bond donors (Lipinski definition) is 2. The fourth-order valence-electron chi connectivity index (χ4n) is 7.96. The molecule has 8 rings (SSSR count). The highest BCUT2D eigenvalue weighted by Crippen LogP contribution is 2.46. The van der Waals surface area contributed by atoms with Crippen molar-refractivity contribution in [2.75, 3.05) is 36.4 Å². The van der Waals surface area contributed by atoms with Crippen LogP contribution < -0.4 is 15.8 Å². The maximum atomic E-state index is 14.5. The number of aromatic hydroxyl groups is 1. The van der Waals surface area contributed by atoms with Crippen molar-refractivity contribution in [1.29, 1.82) is 0 Å². The number of carbonyl (C=O) groups excluding carboxylic acids is 2. The third kappa shape index (κ3) is 5.29. The molecule has 2 aliphatic carbocycles.